The summed E-state index contributed by atoms with van der Waals surface area (Å²) in [5.41, 5.74) is -1.59. The summed E-state index contributed by atoms with van der Waals surface area (Å²) in [5.74, 6) is -5.83. The number of aliphatic carboxylic acids is 1. The minimum atomic E-state index is -2.93. The summed E-state index contributed by atoms with van der Waals surface area (Å²) in [4.78, 5) is 11.6. The molecule has 1 aromatic carbocycles. The van der Waals surface area contributed by atoms with Crippen molar-refractivity contribution in [2.24, 2.45) is 0 Å². The zero-order valence-electron chi connectivity index (χ0n) is 13.5. The number of carbonyl (C=O) groups is 1. The van der Waals surface area contributed by atoms with Crippen molar-refractivity contribution in [3.8, 4) is 5.75 Å². The number of rotatable bonds is 3. The molecule has 0 atom stereocenters. The smallest absolute Gasteiger partial charge is 0.314 e. The molecule has 0 aliphatic heterocycles. The molecular formula is C14H15F3O3. The molecule has 110 valence electrons. The normalized spacial score (nSPS) is 23.2. The first-order valence-electron chi connectivity index (χ1n) is 7.56. The number of alkyl halides is 2. The second-order valence-corrected chi connectivity index (χ2v) is 4.99. The van der Waals surface area contributed by atoms with Crippen molar-refractivity contribution in [1.82, 2.24) is 0 Å². The van der Waals surface area contributed by atoms with E-state index in [4.69, 9.17) is 4.11 Å². The molecule has 1 fully saturated rings. The number of carboxylic acid groups (broad SMARTS) is 1. The van der Waals surface area contributed by atoms with E-state index in [1.165, 1.54) is 6.07 Å². The maximum atomic E-state index is 14.0. The van der Waals surface area contributed by atoms with Gasteiger partial charge in [-0.05, 0) is 30.5 Å². The van der Waals surface area contributed by atoms with Crippen LogP contribution in [0.5, 0.6) is 5.75 Å². The van der Waals surface area contributed by atoms with Crippen LogP contribution in [-0.2, 0) is 10.2 Å². The van der Waals surface area contributed by atoms with E-state index >= 15 is 0 Å². The number of hydrogen-bond donors (Lipinski definition) is 1. The highest BCUT2D eigenvalue weighted by Crippen LogP contribution is 2.46. The van der Waals surface area contributed by atoms with Crippen LogP contribution in [0.4, 0.5) is 13.2 Å². The lowest BCUT2D eigenvalue weighted by atomic mass is 9.68. The summed E-state index contributed by atoms with van der Waals surface area (Å²) >= 11 is 0. The largest absolute Gasteiger partial charge is 0.494 e. The van der Waals surface area contributed by atoms with Crippen LogP contribution in [-0.4, -0.2) is 24.0 Å². The molecule has 0 radical (unpaired) electrons. The molecule has 0 bridgehead atoms. The highest BCUT2D eigenvalue weighted by Gasteiger charge is 2.49. The Kier molecular flexibility index (Phi) is 2.75. The van der Waals surface area contributed by atoms with Crippen molar-refractivity contribution in [1.29, 1.82) is 0 Å². The molecule has 0 aromatic heterocycles. The summed E-state index contributed by atoms with van der Waals surface area (Å²) in [6, 6.07) is 3.06. The van der Waals surface area contributed by atoms with Gasteiger partial charge in [-0.25, -0.2) is 13.2 Å². The Morgan fingerprint density at radius 1 is 1.35 bits per heavy atom. The van der Waals surface area contributed by atoms with Crippen molar-refractivity contribution in [3.63, 3.8) is 0 Å². The van der Waals surface area contributed by atoms with Gasteiger partial charge >= 0.3 is 5.97 Å². The average Bonchev–Trinajstić information content (AvgIpc) is 2.40. The molecule has 1 aromatic rings. The Balaban J connectivity index is 2.35. The van der Waals surface area contributed by atoms with E-state index < -0.39 is 48.8 Å². The summed E-state index contributed by atoms with van der Waals surface area (Å²) in [7, 11) is -2.85. The van der Waals surface area contributed by atoms with Crippen LogP contribution in [0.2, 0.25) is 0 Å². The second-order valence-electron chi connectivity index (χ2n) is 4.99. The van der Waals surface area contributed by atoms with Crippen LogP contribution in [0.25, 0.3) is 0 Å². The fraction of sp³-hybridized carbons (Fsp3) is 0.500. The third-order valence-electron chi connectivity index (χ3n) is 3.84. The summed E-state index contributed by atoms with van der Waals surface area (Å²) in [6.07, 6.45) is -1.86. The number of benzene rings is 1. The van der Waals surface area contributed by atoms with E-state index in [9.17, 15) is 23.1 Å². The van der Waals surface area contributed by atoms with Gasteiger partial charge in [0, 0.05) is 12.8 Å². The second kappa shape index (κ2) is 5.00. The minimum Gasteiger partial charge on any atom is -0.494 e. The fourth-order valence-electron chi connectivity index (χ4n) is 2.55. The van der Waals surface area contributed by atoms with E-state index in [2.05, 4.69) is 4.74 Å². The molecule has 2 rings (SSSR count). The maximum Gasteiger partial charge on any atom is 0.314 e. The van der Waals surface area contributed by atoms with Crippen LogP contribution in [0.1, 0.15) is 35.4 Å². The minimum absolute atomic E-state index is 0.0240. The molecule has 0 amide bonds. The molecule has 1 N–H and O–H groups in total. The van der Waals surface area contributed by atoms with Gasteiger partial charge in [0.15, 0.2) is 11.6 Å². The van der Waals surface area contributed by atoms with Crippen LogP contribution in [0.3, 0.4) is 0 Å². The molecule has 20 heavy (non-hydrogen) atoms. The van der Waals surface area contributed by atoms with E-state index in [1.807, 2.05) is 0 Å². The lowest BCUT2D eigenvalue weighted by Gasteiger charge is -2.37. The lowest BCUT2D eigenvalue weighted by Crippen LogP contribution is -2.42. The highest BCUT2D eigenvalue weighted by atomic mass is 19.3. The van der Waals surface area contributed by atoms with Crippen LogP contribution >= 0.6 is 0 Å². The van der Waals surface area contributed by atoms with Crippen LogP contribution in [0, 0.1) is 5.82 Å². The van der Waals surface area contributed by atoms with Crippen molar-refractivity contribution in [2.45, 2.75) is 37.0 Å². The summed E-state index contributed by atoms with van der Waals surface area (Å²) < 4.78 is 65.9. The van der Waals surface area contributed by atoms with Gasteiger partial charge in [-0.1, -0.05) is 6.07 Å². The highest BCUT2D eigenvalue weighted by molar-refractivity contribution is 5.81. The molecule has 1 aliphatic rings. The first-order valence-corrected chi connectivity index (χ1v) is 6.06. The van der Waals surface area contributed by atoms with Gasteiger partial charge in [-0.3, -0.25) is 4.79 Å². The zero-order valence-corrected chi connectivity index (χ0v) is 10.5. The molecular weight excluding hydrogens is 273 g/mol. The Morgan fingerprint density at radius 2 is 2.00 bits per heavy atom. The quantitative estimate of drug-likeness (QED) is 0.928. The van der Waals surface area contributed by atoms with E-state index in [0.29, 0.717) is 0 Å². The fourth-order valence-corrected chi connectivity index (χ4v) is 2.55. The Morgan fingerprint density at radius 3 is 2.50 bits per heavy atom. The number of hydrogen-bond acceptors (Lipinski definition) is 2. The molecule has 1 saturated carbocycles. The molecule has 1 aliphatic carbocycles. The van der Waals surface area contributed by atoms with Crippen molar-refractivity contribution < 1.29 is 31.9 Å². The van der Waals surface area contributed by atoms with E-state index in [0.717, 1.165) is 12.1 Å². The van der Waals surface area contributed by atoms with E-state index in [-0.39, 0.29) is 18.4 Å². The lowest BCUT2D eigenvalue weighted by molar-refractivity contribution is -0.149. The Hall–Kier alpha value is -1.72. The standard InChI is InChI=1S/C14H15F3O3/c1-20-11-3-2-9(8-10(11)15)13(12(18)19)4-6-14(16,17)7-5-13/h2-3,8H,4-7H2,1H3,(H,18,19)/i1D3. The van der Waals surface area contributed by atoms with Crippen molar-refractivity contribution in [3.05, 3.63) is 29.6 Å². The third-order valence-corrected chi connectivity index (χ3v) is 3.84. The maximum absolute atomic E-state index is 14.0. The zero-order chi connectivity index (χ0) is 17.5. The van der Waals surface area contributed by atoms with Gasteiger partial charge in [-0.15, -0.1) is 0 Å². The molecule has 0 unspecified atom stereocenters. The number of ether oxygens (including phenoxy) is 1. The van der Waals surface area contributed by atoms with E-state index in [1.54, 1.807) is 0 Å². The SMILES string of the molecule is [2H]C([2H])([2H])Oc1ccc(C2(C(=O)O)CCC(F)(F)CC2)cc1F. The predicted molar refractivity (Wildman–Crippen MR) is 65.7 cm³/mol. The molecule has 0 heterocycles. The first kappa shape index (κ1) is 11.0. The first-order chi connectivity index (χ1) is 10.5. The molecule has 6 heteroatoms. The van der Waals surface area contributed by atoms with Gasteiger partial charge < -0.3 is 9.84 Å². The number of carboxylic acids is 1. The number of halogens is 3. The summed E-state index contributed by atoms with van der Waals surface area (Å²) in [6.45, 7) is 0. The Bertz CT molecular complexity index is 607. The predicted octanol–water partition coefficient (Wildman–Crippen LogP) is 3.37. The van der Waals surface area contributed by atoms with Crippen molar-refractivity contribution in [2.75, 3.05) is 7.04 Å². The topological polar surface area (TPSA) is 46.5 Å². The average molecular weight is 291 g/mol. The van der Waals surface area contributed by atoms with Gasteiger partial charge in [0.25, 0.3) is 0 Å². The van der Waals surface area contributed by atoms with Gasteiger partial charge in [0.2, 0.25) is 5.92 Å². The van der Waals surface area contributed by atoms with Crippen LogP contribution < -0.4 is 4.74 Å². The molecule has 0 saturated heterocycles. The molecule has 3 nitrogen and oxygen atoms in total. The molecule has 0 spiro atoms. The monoisotopic (exact) mass is 291 g/mol. The van der Waals surface area contributed by atoms with Gasteiger partial charge in [0.05, 0.1) is 16.6 Å². The number of methoxy groups -OCH3 is 1. The Labute approximate surface area is 118 Å². The summed E-state index contributed by atoms with van der Waals surface area (Å²) in [5, 5.41) is 9.47. The van der Waals surface area contributed by atoms with Gasteiger partial charge in [-0.2, -0.15) is 0 Å². The third kappa shape index (κ3) is 2.46. The van der Waals surface area contributed by atoms with Crippen molar-refractivity contribution >= 4 is 5.97 Å². The van der Waals surface area contributed by atoms with Gasteiger partial charge in [0.1, 0.15) is 0 Å². The van der Waals surface area contributed by atoms with Crippen LogP contribution in [0.15, 0.2) is 18.2 Å².